The molecule has 0 bridgehead atoms. The Morgan fingerprint density at radius 1 is 0.725 bits per heavy atom. The van der Waals surface area contributed by atoms with E-state index in [2.05, 4.69) is 25.6 Å². The summed E-state index contributed by atoms with van der Waals surface area (Å²) in [7, 11) is 0. The molecule has 3 N–H and O–H groups in total. The van der Waals surface area contributed by atoms with E-state index in [9.17, 15) is 19.5 Å². The van der Waals surface area contributed by atoms with E-state index in [1.807, 2.05) is 78.9 Å². The average Bonchev–Trinajstić information content (AvgIpc) is 3.17. The van der Waals surface area contributed by atoms with Crippen LogP contribution in [-0.4, -0.2) is 44.0 Å². The number of pyridine rings is 2. The van der Waals surface area contributed by atoms with Crippen LogP contribution in [0.15, 0.2) is 131 Å². The summed E-state index contributed by atoms with van der Waals surface area (Å²) in [5.74, 6) is -0.403. The fourth-order valence-corrected chi connectivity index (χ4v) is 6.46. The first-order valence-corrected chi connectivity index (χ1v) is 16.9. The zero-order chi connectivity index (χ0) is 35.2. The normalized spacial score (nSPS) is 13.7. The van der Waals surface area contributed by atoms with Crippen molar-refractivity contribution in [2.24, 2.45) is 0 Å². The highest BCUT2D eigenvalue weighted by Crippen LogP contribution is 2.29. The first-order valence-electron chi connectivity index (χ1n) is 16.9. The van der Waals surface area contributed by atoms with Gasteiger partial charge in [0, 0.05) is 30.1 Å². The Labute approximate surface area is 293 Å². The number of anilines is 1. The second-order valence-corrected chi connectivity index (χ2v) is 12.6. The van der Waals surface area contributed by atoms with Gasteiger partial charge in [0.15, 0.2) is 11.2 Å². The topological polar surface area (TPSA) is 147 Å². The van der Waals surface area contributed by atoms with E-state index in [-0.39, 0.29) is 23.7 Å². The van der Waals surface area contributed by atoms with Crippen molar-refractivity contribution >= 4 is 50.1 Å². The van der Waals surface area contributed by atoms with Crippen LogP contribution in [0, 0.1) is 0 Å². The number of fused-ring (bicyclic) bond motifs is 3. The van der Waals surface area contributed by atoms with Crippen molar-refractivity contribution in [3.05, 3.63) is 143 Å². The molecule has 0 aliphatic heterocycles. The first kappa shape index (κ1) is 33.2. The summed E-state index contributed by atoms with van der Waals surface area (Å²) in [5, 5.41) is 20.1. The van der Waals surface area contributed by atoms with Crippen molar-refractivity contribution in [2.45, 2.75) is 37.7 Å². The Hall–Kier alpha value is -6.26. The lowest BCUT2D eigenvalue weighted by molar-refractivity contribution is 0.00521. The number of carbonyl (C=O) groups excluding carboxylic acids is 2. The second kappa shape index (κ2) is 14.7. The minimum absolute atomic E-state index is 0.130. The van der Waals surface area contributed by atoms with Crippen molar-refractivity contribution in [3.63, 3.8) is 0 Å². The summed E-state index contributed by atoms with van der Waals surface area (Å²) in [6, 6.07) is 33.8. The summed E-state index contributed by atoms with van der Waals surface area (Å²) in [6.45, 7) is 0.180. The van der Waals surface area contributed by atoms with E-state index in [1.165, 1.54) is 6.20 Å². The van der Waals surface area contributed by atoms with Crippen LogP contribution in [0.25, 0.3) is 44.0 Å². The van der Waals surface area contributed by atoms with Crippen molar-refractivity contribution in [1.82, 2.24) is 20.3 Å². The summed E-state index contributed by atoms with van der Waals surface area (Å²) in [4.78, 5) is 50.3. The lowest BCUT2D eigenvalue weighted by Gasteiger charge is -2.32. The van der Waals surface area contributed by atoms with E-state index < -0.39 is 17.1 Å². The quantitative estimate of drug-likeness (QED) is 0.166. The van der Waals surface area contributed by atoms with Gasteiger partial charge < -0.3 is 20.2 Å². The standard InChI is InChI=1S/C24H25N3O3.C17H10N2O2/c28-22(19-11-6-9-17-8-2-3-10-18(17)19)27-20-12-7-15-25-21(20)23(29)26-16-24(30)13-4-1-5-14-24;20-17-15-14(9-4-10-18-15)19-16(21-17)13-8-3-6-11-5-1-2-7-12(11)13/h2-3,6-12,15,30H,1,4-5,13-14,16H2,(H,26,29)(H,27,28);1-10H. The molecule has 1 fully saturated rings. The average molecular weight is 678 g/mol. The minimum Gasteiger partial charge on any atom is -0.402 e. The molecule has 2 amide bonds. The minimum atomic E-state index is -0.866. The van der Waals surface area contributed by atoms with Crippen LogP contribution in [0.2, 0.25) is 0 Å². The predicted molar refractivity (Wildman–Crippen MR) is 198 cm³/mol. The van der Waals surface area contributed by atoms with Crippen LogP contribution in [0.5, 0.6) is 0 Å². The summed E-state index contributed by atoms with van der Waals surface area (Å²) in [5.41, 5.74) is 1.25. The van der Waals surface area contributed by atoms with Gasteiger partial charge in [-0.05, 0) is 70.8 Å². The highest BCUT2D eigenvalue weighted by Gasteiger charge is 2.30. The number of carbonyl (C=O) groups is 2. The predicted octanol–water partition coefficient (Wildman–Crippen LogP) is 7.32. The van der Waals surface area contributed by atoms with Crippen molar-refractivity contribution in [3.8, 4) is 11.5 Å². The molecular formula is C41H35N5O5. The number of nitrogens with zero attached hydrogens (tertiary/aromatic N) is 3. The largest absolute Gasteiger partial charge is 0.402 e. The fourth-order valence-electron chi connectivity index (χ4n) is 6.46. The highest BCUT2D eigenvalue weighted by atomic mass is 16.4. The monoisotopic (exact) mass is 677 g/mol. The SMILES string of the molecule is O=C(NCC1(O)CCCCC1)c1ncccc1NC(=O)c1cccc2ccccc12.O=c1oc(-c2cccc3ccccc23)nc2cccnc12. The van der Waals surface area contributed by atoms with Crippen LogP contribution in [-0.2, 0) is 0 Å². The molecule has 1 aliphatic carbocycles. The molecule has 0 spiro atoms. The maximum Gasteiger partial charge on any atom is 0.365 e. The number of nitrogens with one attached hydrogen (secondary N) is 2. The Balaban J connectivity index is 0.000000169. The fraction of sp³-hybridized carbons (Fsp3) is 0.171. The van der Waals surface area contributed by atoms with Crippen LogP contribution >= 0.6 is 0 Å². The molecule has 0 unspecified atom stereocenters. The number of aromatic nitrogens is 3. The van der Waals surface area contributed by atoms with Gasteiger partial charge in [-0.3, -0.25) is 9.59 Å². The lowest BCUT2D eigenvalue weighted by Crippen LogP contribution is -2.44. The molecule has 3 heterocycles. The van der Waals surface area contributed by atoms with E-state index in [0.717, 1.165) is 46.4 Å². The van der Waals surface area contributed by atoms with E-state index in [1.54, 1.807) is 36.5 Å². The summed E-state index contributed by atoms with van der Waals surface area (Å²) >= 11 is 0. The highest BCUT2D eigenvalue weighted by molar-refractivity contribution is 6.14. The maximum atomic E-state index is 12.9. The van der Waals surface area contributed by atoms with Gasteiger partial charge in [-0.2, -0.15) is 0 Å². The zero-order valence-corrected chi connectivity index (χ0v) is 27.7. The molecule has 1 aliphatic rings. The van der Waals surface area contributed by atoms with E-state index in [0.29, 0.717) is 35.5 Å². The Morgan fingerprint density at radius 3 is 2.20 bits per heavy atom. The van der Waals surface area contributed by atoms with Crippen LogP contribution in [0.3, 0.4) is 0 Å². The third-order valence-corrected chi connectivity index (χ3v) is 9.08. The molecule has 3 aromatic heterocycles. The number of rotatable bonds is 6. The van der Waals surface area contributed by atoms with Gasteiger partial charge in [0.05, 0.1) is 11.3 Å². The van der Waals surface area contributed by atoms with Gasteiger partial charge >= 0.3 is 5.63 Å². The van der Waals surface area contributed by atoms with Gasteiger partial charge in [0.2, 0.25) is 5.89 Å². The number of benzene rings is 4. The van der Waals surface area contributed by atoms with Crippen LogP contribution in [0.1, 0.15) is 53.0 Å². The second-order valence-electron chi connectivity index (χ2n) is 12.6. The molecular weight excluding hydrogens is 642 g/mol. The number of aliphatic hydroxyl groups is 1. The van der Waals surface area contributed by atoms with Gasteiger partial charge in [-0.25, -0.2) is 19.7 Å². The molecule has 10 heteroatoms. The van der Waals surface area contributed by atoms with Gasteiger partial charge in [-0.1, -0.05) is 92.1 Å². The van der Waals surface area contributed by atoms with Gasteiger partial charge in [-0.15, -0.1) is 0 Å². The molecule has 0 saturated heterocycles. The van der Waals surface area contributed by atoms with E-state index in [4.69, 9.17) is 4.42 Å². The summed E-state index contributed by atoms with van der Waals surface area (Å²) in [6.07, 6.45) is 7.46. The number of hydrogen-bond acceptors (Lipinski definition) is 8. The molecule has 4 aromatic carbocycles. The van der Waals surface area contributed by atoms with Gasteiger partial charge in [0.25, 0.3) is 11.8 Å². The first-order chi connectivity index (χ1) is 24.9. The Kier molecular flexibility index (Phi) is 9.58. The Bertz CT molecular complexity index is 2430. The number of hydrogen-bond donors (Lipinski definition) is 3. The van der Waals surface area contributed by atoms with Crippen molar-refractivity contribution < 1.29 is 19.1 Å². The molecule has 7 aromatic rings. The molecule has 254 valence electrons. The molecule has 1 saturated carbocycles. The molecule has 51 heavy (non-hydrogen) atoms. The van der Waals surface area contributed by atoms with Crippen LogP contribution in [0.4, 0.5) is 5.69 Å². The lowest BCUT2D eigenvalue weighted by atomic mass is 9.85. The molecule has 0 radical (unpaired) electrons. The van der Waals surface area contributed by atoms with E-state index >= 15 is 0 Å². The Morgan fingerprint density at radius 2 is 1.39 bits per heavy atom. The van der Waals surface area contributed by atoms with Crippen LogP contribution < -0.4 is 16.3 Å². The maximum absolute atomic E-state index is 12.9. The third kappa shape index (κ3) is 7.36. The summed E-state index contributed by atoms with van der Waals surface area (Å²) < 4.78 is 5.36. The molecule has 0 atom stereocenters. The van der Waals surface area contributed by atoms with Gasteiger partial charge in [0.1, 0.15) is 5.52 Å². The smallest absolute Gasteiger partial charge is 0.365 e. The number of amides is 2. The van der Waals surface area contributed by atoms with Crippen molar-refractivity contribution in [1.29, 1.82) is 0 Å². The molecule has 10 nitrogen and oxygen atoms in total. The third-order valence-electron chi connectivity index (χ3n) is 9.08. The van der Waals surface area contributed by atoms with Crippen molar-refractivity contribution in [2.75, 3.05) is 11.9 Å². The molecule has 8 rings (SSSR count). The zero-order valence-electron chi connectivity index (χ0n) is 27.7.